The smallest absolute Gasteiger partial charge is 0.221 e. The summed E-state index contributed by atoms with van der Waals surface area (Å²) in [5.74, 6) is 0.205. The lowest BCUT2D eigenvalue weighted by Crippen LogP contribution is -2.41. The van der Waals surface area contributed by atoms with Crippen molar-refractivity contribution in [2.45, 2.75) is 26.2 Å². The van der Waals surface area contributed by atoms with Gasteiger partial charge in [-0.1, -0.05) is 31.5 Å². The Labute approximate surface area is 126 Å². The average Bonchev–Trinajstić information content (AvgIpc) is 2.98. The third kappa shape index (κ3) is 3.68. The van der Waals surface area contributed by atoms with Crippen LogP contribution in [-0.2, 0) is 0 Å². The van der Waals surface area contributed by atoms with Crippen molar-refractivity contribution in [3.63, 3.8) is 0 Å². The molecule has 2 aromatic rings. The van der Waals surface area contributed by atoms with E-state index in [9.17, 15) is 9.50 Å². The topological polar surface area (TPSA) is 73.1 Å². The van der Waals surface area contributed by atoms with Crippen molar-refractivity contribution in [3.05, 3.63) is 36.0 Å². The van der Waals surface area contributed by atoms with Crippen LogP contribution in [0.1, 0.15) is 20.1 Å². The molecule has 0 saturated heterocycles. The number of aliphatic hydroxyl groups excluding tert-OH is 1. The quantitative estimate of drug-likeness (QED) is 0.828. The van der Waals surface area contributed by atoms with Crippen molar-refractivity contribution >= 4 is 11.6 Å². The van der Waals surface area contributed by atoms with E-state index in [4.69, 9.17) is 16.3 Å². The fraction of sp³-hybridized carbons (Fsp3) is 0.462. The second-order valence-corrected chi connectivity index (χ2v) is 5.64. The summed E-state index contributed by atoms with van der Waals surface area (Å²) in [6.07, 6.45) is 0.554. The van der Waals surface area contributed by atoms with Gasteiger partial charge in [0.15, 0.2) is 0 Å². The highest BCUT2D eigenvalue weighted by atomic mass is 35.5. The highest BCUT2D eigenvalue weighted by molar-refractivity contribution is 6.29. The molecule has 0 aliphatic heterocycles. The maximum atomic E-state index is 13.1. The van der Waals surface area contributed by atoms with Crippen molar-refractivity contribution in [1.29, 1.82) is 0 Å². The predicted octanol–water partition coefficient (Wildman–Crippen LogP) is 2.26. The molecule has 0 amide bonds. The molecule has 0 spiro atoms. The Morgan fingerprint density at radius 1 is 1.48 bits per heavy atom. The molecule has 2 heterocycles. The SMILES string of the molecule is CC(C)(CF)C(O)C(Oc1cccc(Cl)n1)n1cncn1. The van der Waals surface area contributed by atoms with E-state index in [0.717, 1.165) is 0 Å². The molecule has 0 fully saturated rings. The Bertz CT molecular complexity index is 579. The number of pyridine rings is 1. The summed E-state index contributed by atoms with van der Waals surface area (Å²) in [7, 11) is 0. The number of hydrogen-bond acceptors (Lipinski definition) is 5. The predicted molar refractivity (Wildman–Crippen MR) is 74.7 cm³/mol. The van der Waals surface area contributed by atoms with Gasteiger partial charge in [0.25, 0.3) is 0 Å². The molecule has 2 rings (SSSR count). The molecule has 0 bridgehead atoms. The Kier molecular flexibility index (Phi) is 4.74. The molecule has 21 heavy (non-hydrogen) atoms. The van der Waals surface area contributed by atoms with Gasteiger partial charge < -0.3 is 9.84 Å². The van der Waals surface area contributed by atoms with E-state index in [1.165, 1.54) is 17.3 Å². The molecule has 2 unspecified atom stereocenters. The minimum atomic E-state index is -1.16. The first kappa shape index (κ1) is 15.7. The third-order valence-electron chi connectivity index (χ3n) is 3.04. The van der Waals surface area contributed by atoms with Crippen molar-refractivity contribution in [2.75, 3.05) is 6.67 Å². The van der Waals surface area contributed by atoms with Gasteiger partial charge in [0, 0.05) is 11.5 Å². The number of alkyl halides is 1. The molecule has 0 aliphatic rings. The van der Waals surface area contributed by atoms with Crippen LogP contribution in [0.4, 0.5) is 4.39 Å². The zero-order chi connectivity index (χ0) is 15.5. The molecule has 2 aromatic heterocycles. The van der Waals surface area contributed by atoms with Gasteiger partial charge in [-0.3, -0.25) is 4.39 Å². The molecule has 0 saturated carbocycles. The summed E-state index contributed by atoms with van der Waals surface area (Å²) in [5.41, 5.74) is -1.02. The Hall–Kier alpha value is -1.73. The van der Waals surface area contributed by atoms with Crippen LogP contribution in [0.25, 0.3) is 0 Å². The molecule has 1 N–H and O–H groups in total. The van der Waals surface area contributed by atoms with Crippen molar-refractivity contribution in [2.24, 2.45) is 5.41 Å². The molecule has 2 atom stereocenters. The standard InChI is InChI=1S/C13H16ClFN4O2/c1-13(2,6-15)11(20)12(19-8-16-7-17-19)21-10-5-3-4-9(14)18-10/h3-5,7-8,11-12,20H,6H2,1-2H3. The van der Waals surface area contributed by atoms with Crippen LogP contribution >= 0.6 is 11.6 Å². The number of aliphatic hydroxyl groups is 1. The van der Waals surface area contributed by atoms with Gasteiger partial charge in [-0.25, -0.2) is 14.6 Å². The molecule has 8 heteroatoms. The van der Waals surface area contributed by atoms with Gasteiger partial charge in [-0.2, -0.15) is 5.10 Å². The highest BCUT2D eigenvalue weighted by Crippen LogP contribution is 2.30. The number of aromatic nitrogens is 4. The molecular formula is C13H16ClFN4O2. The van der Waals surface area contributed by atoms with Crippen LogP contribution in [0.3, 0.4) is 0 Å². The number of rotatable bonds is 6. The molecule has 6 nitrogen and oxygen atoms in total. The van der Waals surface area contributed by atoms with Gasteiger partial charge in [-0.05, 0) is 6.07 Å². The van der Waals surface area contributed by atoms with Crippen molar-refractivity contribution < 1.29 is 14.2 Å². The lowest BCUT2D eigenvalue weighted by Gasteiger charge is -2.33. The maximum absolute atomic E-state index is 13.1. The molecule has 0 aliphatic carbocycles. The summed E-state index contributed by atoms with van der Waals surface area (Å²) in [4.78, 5) is 7.80. The van der Waals surface area contributed by atoms with Gasteiger partial charge >= 0.3 is 0 Å². The minimum Gasteiger partial charge on any atom is -0.449 e. The van der Waals surface area contributed by atoms with Crippen LogP contribution < -0.4 is 4.74 Å². The summed E-state index contributed by atoms with van der Waals surface area (Å²) < 4.78 is 20.1. The highest BCUT2D eigenvalue weighted by Gasteiger charge is 2.37. The van der Waals surface area contributed by atoms with E-state index in [1.807, 2.05) is 0 Å². The molecule has 0 aromatic carbocycles. The van der Waals surface area contributed by atoms with Crippen LogP contribution in [0, 0.1) is 5.41 Å². The van der Waals surface area contributed by atoms with E-state index in [2.05, 4.69) is 15.1 Å². The number of ether oxygens (including phenoxy) is 1. The summed E-state index contributed by atoms with van der Waals surface area (Å²) >= 11 is 5.80. The normalized spacial score (nSPS) is 14.7. The van der Waals surface area contributed by atoms with Crippen molar-refractivity contribution in [3.8, 4) is 5.88 Å². The Balaban J connectivity index is 2.29. The monoisotopic (exact) mass is 314 g/mol. The van der Waals surface area contributed by atoms with Crippen LogP contribution in [-0.4, -0.2) is 37.6 Å². The van der Waals surface area contributed by atoms with E-state index in [1.54, 1.807) is 32.0 Å². The van der Waals surface area contributed by atoms with Crippen molar-refractivity contribution in [1.82, 2.24) is 19.7 Å². The van der Waals surface area contributed by atoms with E-state index < -0.39 is 24.4 Å². The van der Waals surface area contributed by atoms with E-state index in [-0.39, 0.29) is 11.0 Å². The zero-order valence-corrected chi connectivity index (χ0v) is 12.4. The number of hydrogen-bond donors (Lipinski definition) is 1. The van der Waals surface area contributed by atoms with Gasteiger partial charge in [-0.15, -0.1) is 0 Å². The first-order chi connectivity index (χ1) is 9.94. The van der Waals surface area contributed by atoms with Gasteiger partial charge in [0.05, 0.1) is 6.67 Å². The van der Waals surface area contributed by atoms with E-state index >= 15 is 0 Å². The van der Waals surface area contributed by atoms with Crippen LogP contribution in [0.5, 0.6) is 5.88 Å². The Morgan fingerprint density at radius 3 is 2.81 bits per heavy atom. The largest absolute Gasteiger partial charge is 0.449 e. The molecule has 114 valence electrons. The maximum Gasteiger partial charge on any atom is 0.221 e. The average molecular weight is 315 g/mol. The van der Waals surface area contributed by atoms with E-state index in [0.29, 0.717) is 0 Å². The van der Waals surface area contributed by atoms with Gasteiger partial charge in [0.2, 0.25) is 12.1 Å². The van der Waals surface area contributed by atoms with Crippen LogP contribution in [0.2, 0.25) is 5.15 Å². The fourth-order valence-electron chi connectivity index (χ4n) is 1.66. The van der Waals surface area contributed by atoms with Gasteiger partial charge in [0.1, 0.15) is 23.9 Å². The second-order valence-electron chi connectivity index (χ2n) is 5.25. The number of halogens is 2. The first-order valence-corrected chi connectivity index (χ1v) is 6.69. The second kappa shape index (κ2) is 6.36. The summed E-state index contributed by atoms with van der Waals surface area (Å²) in [6, 6.07) is 4.85. The molecule has 0 radical (unpaired) electrons. The zero-order valence-electron chi connectivity index (χ0n) is 11.6. The Morgan fingerprint density at radius 2 is 2.24 bits per heavy atom. The van der Waals surface area contributed by atoms with Crippen LogP contribution in [0.15, 0.2) is 30.9 Å². The summed E-state index contributed by atoms with van der Waals surface area (Å²) in [5, 5.41) is 14.6. The first-order valence-electron chi connectivity index (χ1n) is 6.31. The number of nitrogens with zero attached hydrogens (tertiary/aromatic N) is 4. The molecular weight excluding hydrogens is 299 g/mol. The lowest BCUT2D eigenvalue weighted by molar-refractivity contribution is -0.0873. The fourth-order valence-corrected chi connectivity index (χ4v) is 1.81. The minimum absolute atomic E-state index is 0.205. The summed E-state index contributed by atoms with van der Waals surface area (Å²) in [6.45, 7) is 2.47. The third-order valence-corrected chi connectivity index (χ3v) is 3.25. The lowest BCUT2D eigenvalue weighted by atomic mass is 9.87.